The van der Waals surface area contributed by atoms with Gasteiger partial charge in [-0.05, 0) is 43.4 Å². The first-order valence-electron chi connectivity index (χ1n) is 38.4. The zero-order chi connectivity index (χ0) is 68.7. The van der Waals surface area contributed by atoms with Gasteiger partial charge in [-0.2, -0.15) is 0 Å². The van der Waals surface area contributed by atoms with E-state index < -0.39 is 97.5 Å². The number of carbonyl (C=O) groups is 4. The second-order valence-corrected chi connectivity index (χ2v) is 30.8. The van der Waals surface area contributed by atoms with E-state index in [1.807, 2.05) is 0 Å². The predicted molar refractivity (Wildman–Crippen MR) is 377 cm³/mol. The van der Waals surface area contributed by atoms with Gasteiger partial charge in [0.05, 0.1) is 26.4 Å². The normalized spacial score (nSPS) is 14.4. The van der Waals surface area contributed by atoms with Gasteiger partial charge in [0.25, 0.3) is 0 Å². The fourth-order valence-electron chi connectivity index (χ4n) is 11.2. The van der Waals surface area contributed by atoms with Gasteiger partial charge in [-0.3, -0.25) is 37.3 Å². The third-order valence-electron chi connectivity index (χ3n) is 17.5. The average Bonchev–Trinajstić information content (AvgIpc) is 1.62. The Labute approximate surface area is 568 Å². The summed E-state index contributed by atoms with van der Waals surface area (Å²) in [7, 11) is -9.90. The fourth-order valence-corrected chi connectivity index (χ4v) is 12.8. The van der Waals surface area contributed by atoms with Crippen molar-refractivity contribution in [3.63, 3.8) is 0 Å². The Balaban J connectivity index is 5.17. The molecule has 0 spiro atoms. The second-order valence-electron chi connectivity index (χ2n) is 27.9. The summed E-state index contributed by atoms with van der Waals surface area (Å²) in [5, 5.41) is 10.6. The van der Waals surface area contributed by atoms with E-state index in [9.17, 15) is 43.2 Å². The number of aliphatic hydroxyl groups is 1. The summed E-state index contributed by atoms with van der Waals surface area (Å²) in [5.41, 5.74) is 0. The molecule has 0 aliphatic heterocycles. The number of unbranched alkanes of at least 4 members (excludes halogenated alkanes) is 39. The van der Waals surface area contributed by atoms with Crippen LogP contribution in [0.3, 0.4) is 0 Å². The molecule has 0 aromatic carbocycles. The monoisotopic (exact) mass is 1370 g/mol. The van der Waals surface area contributed by atoms with Crippen LogP contribution in [0.2, 0.25) is 0 Å². The number of esters is 4. The Kier molecular flexibility index (Phi) is 63.4. The second kappa shape index (κ2) is 64.7. The standard InChI is InChI=1S/C74H144O17P2/c1-8-10-11-12-31-41-48-55-71(76)84-61-69(91-74(79)58-51-44-37-30-29-33-39-46-53-66(5)6)63-88-92(80,81)86-59-68(75)60-87-93(82,83)89-64-70(62-85-72(77)56-49-42-35-27-24-23-26-34-40-47-54-67(7)9-2)90-73(78)57-50-43-36-28-22-20-18-16-14-13-15-17-19-21-25-32-38-45-52-65(3)4/h65-70,75H,8-64H2,1-7H3,(H,80,81)(H,82,83)/t67?,68-,69+,70+/m0/s1. The van der Waals surface area contributed by atoms with E-state index >= 15 is 0 Å². The molecule has 17 nitrogen and oxygen atoms in total. The molecule has 0 bridgehead atoms. The molecule has 93 heavy (non-hydrogen) atoms. The Bertz CT molecular complexity index is 1820. The number of hydrogen-bond acceptors (Lipinski definition) is 15. The van der Waals surface area contributed by atoms with Crippen LogP contribution in [0.5, 0.6) is 0 Å². The number of ether oxygens (including phenoxy) is 4. The third-order valence-corrected chi connectivity index (χ3v) is 19.4. The molecule has 19 heteroatoms. The molecule has 3 unspecified atom stereocenters. The van der Waals surface area contributed by atoms with Crippen molar-refractivity contribution in [2.45, 2.75) is 394 Å². The zero-order valence-corrected chi connectivity index (χ0v) is 62.5. The first-order chi connectivity index (χ1) is 44.8. The van der Waals surface area contributed by atoms with Crippen LogP contribution in [0.1, 0.15) is 376 Å². The molecule has 0 saturated heterocycles. The van der Waals surface area contributed by atoms with E-state index in [0.717, 1.165) is 120 Å². The molecule has 0 heterocycles. The molecule has 552 valence electrons. The van der Waals surface area contributed by atoms with Crippen molar-refractivity contribution < 1.29 is 80.2 Å². The highest BCUT2D eigenvalue weighted by molar-refractivity contribution is 7.47. The van der Waals surface area contributed by atoms with Crippen molar-refractivity contribution in [2.75, 3.05) is 39.6 Å². The van der Waals surface area contributed by atoms with Gasteiger partial charge in [0.1, 0.15) is 19.3 Å². The minimum absolute atomic E-state index is 0.104. The Morgan fingerprint density at radius 3 is 0.817 bits per heavy atom. The summed E-state index contributed by atoms with van der Waals surface area (Å²) in [4.78, 5) is 72.5. The van der Waals surface area contributed by atoms with E-state index in [4.69, 9.17) is 37.0 Å². The fraction of sp³-hybridized carbons (Fsp3) is 0.946. The number of phosphoric acid groups is 2. The van der Waals surface area contributed by atoms with Gasteiger partial charge >= 0.3 is 39.5 Å². The van der Waals surface area contributed by atoms with Crippen LogP contribution in [0.15, 0.2) is 0 Å². The molecule has 6 atom stereocenters. The molecule has 0 aromatic rings. The van der Waals surface area contributed by atoms with Crippen molar-refractivity contribution in [1.29, 1.82) is 0 Å². The lowest BCUT2D eigenvalue weighted by molar-refractivity contribution is -0.161. The van der Waals surface area contributed by atoms with Crippen molar-refractivity contribution in [3.05, 3.63) is 0 Å². The Hall–Kier alpha value is -1.94. The van der Waals surface area contributed by atoms with Gasteiger partial charge in [0.2, 0.25) is 0 Å². The molecule has 0 radical (unpaired) electrons. The number of carbonyl (C=O) groups excluding carboxylic acids is 4. The summed E-state index contributed by atoms with van der Waals surface area (Å²) in [6.45, 7) is 11.9. The minimum Gasteiger partial charge on any atom is -0.462 e. The van der Waals surface area contributed by atoms with Crippen LogP contribution in [-0.4, -0.2) is 96.7 Å². The van der Waals surface area contributed by atoms with Gasteiger partial charge in [-0.25, -0.2) is 9.13 Å². The highest BCUT2D eigenvalue weighted by Crippen LogP contribution is 2.45. The predicted octanol–water partition coefficient (Wildman–Crippen LogP) is 21.4. The molecule has 0 aliphatic rings. The van der Waals surface area contributed by atoms with Crippen LogP contribution in [-0.2, 0) is 65.4 Å². The van der Waals surface area contributed by atoms with Gasteiger partial charge < -0.3 is 33.8 Å². The molecular weight excluding hydrogens is 1220 g/mol. The highest BCUT2D eigenvalue weighted by Gasteiger charge is 2.30. The number of phosphoric ester groups is 2. The van der Waals surface area contributed by atoms with E-state index in [1.165, 1.54) is 173 Å². The molecule has 0 amide bonds. The quantitative estimate of drug-likeness (QED) is 0.0222. The van der Waals surface area contributed by atoms with Crippen LogP contribution < -0.4 is 0 Å². The number of rotatable bonds is 72. The van der Waals surface area contributed by atoms with E-state index in [1.54, 1.807) is 0 Å². The topological polar surface area (TPSA) is 237 Å². The van der Waals surface area contributed by atoms with Gasteiger partial charge in [-0.15, -0.1) is 0 Å². The Morgan fingerprint density at radius 1 is 0.312 bits per heavy atom. The van der Waals surface area contributed by atoms with E-state index in [0.29, 0.717) is 25.7 Å². The Morgan fingerprint density at radius 2 is 0.548 bits per heavy atom. The van der Waals surface area contributed by atoms with Crippen LogP contribution >= 0.6 is 15.6 Å². The van der Waals surface area contributed by atoms with Crippen LogP contribution in [0.4, 0.5) is 0 Å². The molecule has 0 aromatic heterocycles. The maximum absolute atomic E-state index is 13.1. The average molecular weight is 1370 g/mol. The molecule has 0 aliphatic carbocycles. The van der Waals surface area contributed by atoms with E-state index in [-0.39, 0.29) is 25.7 Å². The molecule has 0 rings (SSSR count). The van der Waals surface area contributed by atoms with Gasteiger partial charge in [-0.1, -0.05) is 325 Å². The third kappa shape index (κ3) is 67.0. The van der Waals surface area contributed by atoms with Crippen molar-refractivity contribution in [3.8, 4) is 0 Å². The number of hydrogen-bond donors (Lipinski definition) is 3. The summed E-state index contributed by atoms with van der Waals surface area (Å²) in [5.74, 6) is 0.221. The number of aliphatic hydroxyl groups excluding tert-OH is 1. The smallest absolute Gasteiger partial charge is 0.462 e. The van der Waals surface area contributed by atoms with Crippen LogP contribution in [0.25, 0.3) is 0 Å². The first-order valence-corrected chi connectivity index (χ1v) is 41.4. The maximum atomic E-state index is 13.1. The molecular formula is C74H144O17P2. The molecule has 3 N–H and O–H groups in total. The lowest BCUT2D eigenvalue weighted by atomic mass is 9.99. The summed E-state index contributed by atoms with van der Waals surface area (Å²) in [6.07, 6.45) is 50.2. The molecule has 0 fully saturated rings. The summed E-state index contributed by atoms with van der Waals surface area (Å²) >= 11 is 0. The van der Waals surface area contributed by atoms with Crippen molar-refractivity contribution in [2.24, 2.45) is 17.8 Å². The lowest BCUT2D eigenvalue weighted by Crippen LogP contribution is -2.30. The van der Waals surface area contributed by atoms with Gasteiger partial charge in [0, 0.05) is 25.7 Å². The minimum atomic E-state index is -4.96. The van der Waals surface area contributed by atoms with Gasteiger partial charge in [0.15, 0.2) is 12.2 Å². The SMILES string of the molecule is CCCCCCCCCC(=O)OC[C@H](COP(=O)(O)OC[C@H](O)COP(=O)(O)OC[C@@H](COC(=O)CCCCCCCCCCCCC(C)CC)OC(=O)CCCCCCCCCCCCCCCCCCCCC(C)C)OC(=O)CCCCCCCCCCC(C)C. The highest BCUT2D eigenvalue weighted by atomic mass is 31.2. The lowest BCUT2D eigenvalue weighted by Gasteiger charge is -2.21. The zero-order valence-electron chi connectivity index (χ0n) is 60.7. The summed E-state index contributed by atoms with van der Waals surface area (Å²) < 4.78 is 68.3. The molecule has 0 saturated carbocycles. The van der Waals surface area contributed by atoms with Crippen molar-refractivity contribution >= 4 is 39.5 Å². The van der Waals surface area contributed by atoms with Crippen molar-refractivity contribution in [1.82, 2.24) is 0 Å². The first kappa shape index (κ1) is 91.1. The van der Waals surface area contributed by atoms with Crippen LogP contribution in [0, 0.1) is 17.8 Å². The largest absolute Gasteiger partial charge is 0.472 e. The van der Waals surface area contributed by atoms with E-state index in [2.05, 4.69) is 48.5 Å². The summed E-state index contributed by atoms with van der Waals surface area (Å²) in [6, 6.07) is 0. The maximum Gasteiger partial charge on any atom is 0.472 e.